The lowest BCUT2D eigenvalue weighted by atomic mass is 10.1. The summed E-state index contributed by atoms with van der Waals surface area (Å²) in [6.45, 7) is 2.04. The van der Waals surface area contributed by atoms with Gasteiger partial charge in [0.2, 0.25) is 0 Å². The van der Waals surface area contributed by atoms with Crippen LogP contribution in [0.4, 0.5) is 22.0 Å². The summed E-state index contributed by atoms with van der Waals surface area (Å²) in [5.74, 6) is 0.835. The summed E-state index contributed by atoms with van der Waals surface area (Å²) in [6.07, 6.45) is 4.40. The number of esters is 1. The van der Waals surface area contributed by atoms with Gasteiger partial charge in [0.15, 0.2) is 11.5 Å². The average Bonchev–Trinajstić information content (AvgIpc) is 3.29. The highest BCUT2D eigenvalue weighted by Crippen LogP contribution is 2.31. The number of halogens is 5. The molecule has 6 rings (SSSR count). The van der Waals surface area contributed by atoms with E-state index in [9.17, 15) is 26.7 Å². The Morgan fingerprint density at radius 2 is 0.750 bits per heavy atom. The van der Waals surface area contributed by atoms with Crippen molar-refractivity contribution in [2.75, 3.05) is 26.4 Å². The third kappa shape index (κ3) is 16.0. The highest BCUT2D eigenvalue weighted by Gasteiger charge is 2.31. The summed E-state index contributed by atoms with van der Waals surface area (Å²) in [5.41, 5.74) is 4.05. The molecule has 336 valence electrons. The fourth-order valence-corrected chi connectivity index (χ4v) is 6.73. The molecule has 0 atom stereocenters. The smallest absolute Gasteiger partial charge is 0.494 e. The normalized spacial score (nSPS) is 11.2. The van der Waals surface area contributed by atoms with Crippen LogP contribution in [0.2, 0.25) is 0 Å². The standard InChI is InChI=1S/C52H51F5O7/c53-43-20-11-38(12-21-43)40-15-24-45(25-16-40)59-33-7-3-1-5-9-35-61-49-32-19-42(51(58)63-47-28-30-48(31-29-47)64-52(55,56)57)37-50(49)62-36-10-6-2-4-8-34-60-46-26-17-41(18-27-46)39-13-22-44(54)23-14-39/h11-32,37H,1-10,33-36H2. The van der Waals surface area contributed by atoms with E-state index in [-0.39, 0.29) is 22.9 Å². The molecule has 0 amide bonds. The third-order valence-corrected chi connectivity index (χ3v) is 10.1. The Labute approximate surface area is 370 Å². The molecule has 0 fully saturated rings. The summed E-state index contributed by atoms with van der Waals surface area (Å²) >= 11 is 0. The average molecular weight is 883 g/mol. The maximum absolute atomic E-state index is 13.3. The van der Waals surface area contributed by atoms with Crippen molar-refractivity contribution in [3.05, 3.63) is 157 Å². The van der Waals surface area contributed by atoms with Gasteiger partial charge in [-0.2, -0.15) is 0 Å². The van der Waals surface area contributed by atoms with E-state index in [2.05, 4.69) is 4.74 Å². The van der Waals surface area contributed by atoms with Crippen LogP contribution >= 0.6 is 0 Å². The number of ether oxygens (including phenoxy) is 6. The zero-order valence-corrected chi connectivity index (χ0v) is 35.4. The second-order valence-corrected chi connectivity index (χ2v) is 15.1. The minimum Gasteiger partial charge on any atom is -0.494 e. The molecule has 0 saturated heterocycles. The van der Waals surface area contributed by atoms with Crippen LogP contribution in [0, 0.1) is 11.6 Å². The maximum atomic E-state index is 13.3. The van der Waals surface area contributed by atoms with Crippen LogP contribution in [0.3, 0.4) is 0 Å². The van der Waals surface area contributed by atoms with Crippen molar-refractivity contribution in [1.29, 1.82) is 0 Å². The molecule has 12 heteroatoms. The summed E-state index contributed by atoms with van der Waals surface area (Å²) in [4.78, 5) is 13.1. The summed E-state index contributed by atoms with van der Waals surface area (Å²) < 4.78 is 97.6. The first-order valence-electron chi connectivity index (χ1n) is 21.5. The Morgan fingerprint density at radius 3 is 1.19 bits per heavy atom. The molecule has 0 aromatic heterocycles. The van der Waals surface area contributed by atoms with Crippen molar-refractivity contribution in [2.45, 2.75) is 70.6 Å². The Balaban J connectivity index is 0.903. The maximum Gasteiger partial charge on any atom is 0.573 e. The molecular weight excluding hydrogens is 832 g/mol. The largest absolute Gasteiger partial charge is 0.573 e. The van der Waals surface area contributed by atoms with Gasteiger partial charge in [-0.3, -0.25) is 0 Å². The van der Waals surface area contributed by atoms with Gasteiger partial charge in [-0.05, 0) is 139 Å². The van der Waals surface area contributed by atoms with E-state index in [1.165, 1.54) is 36.4 Å². The quantitative estimate of drug-likeness (QED) is 0.0245. The molecular formula is C52H51F5O7. The molecule has 7 nitrogen and oxygen atoms in total. The van der Waals surface area contributed by atoms with Crippen molar-refractivity contribution < 1.29 is 55.2 Å². The lowest BCUT2D eigenvalue weighted by molar-refractivity contribution is -0.274. The first kappa shape index (κ1) is 46.9. The Bertz CT molecular complexity index is 2300. The second-order valence-electron chi connectivity index (χ2n) is 15.1. The number of alkyl halides is 3. The molecule has 0 spiro atoms. The number of carbonyl (C=O) groups is 1. The van der Waals surface area contributed by atoms with Gasteiger partial charge < -0.3 is 28.4 Å². The van der Waals surface area contributed by atoms with E-state index in [4.69, 9.17) is 23.7 Å². The van der Waals surface area contributed by atoms with Gasteiger partial charge >= 0.3 is 12.3 Å². The monoisotopic (exact) mass is 882 g/mol. The summed E-state index contributed by atoms with van der Waals surface area (Å²) in [5, 5.41) is 0. The van der Waals surface area contributed by atoms with Gasteiger partial charge in [-0.25, -0.2) is 13.6 Å². The van der Waals surface area contributed by atoms with Crippen LogP contribution in [0.5, 0.6) is 34.5 Å². The first-order chi connectivity index (χ1) is 31.1. The summed E-state index contributed by atoms with van der Waals surface area (Å²) in [6, 6.07) is 37.6. The number of hydrogen-bond acceptors (Lipinski definition) is 7. The second kappa shape index (κ2) is 24.3. The molecule has 0 aliphatic carbocycles. The van der Waals surface area contributed by atoms with Crippen molar-refractivity contribution in [3.8, 4) is 56.8 Å². The fourth-order valence-electron chi connectivity index (χ4n) is 6.73. The molecule has 6 aromatic carbocycles. The van der Waals surface area contributed by atoms with Crippen LogP contribution in [0.15, 0.2) is 140 Å². The fraction of sp³-hybridized carbons (Fsp3) is 0.288. The van der Waals surface area contributed by atoms with Crippen LogP contribution in [-0.4, -0.2) is 38.8 Å². The van der Waals surface area contributed by atoms with E-state index in [0.717, 1.165) is 110 Å². The predicted octanol–water partition coefficient (Wildman–Crippen LogP) is 14.2. The van der Waals surface area contributed by atoms with Gasteiger partial charge in [0.05, 0.1) is 32.0 Å². The Morgan fingerprint density at radius 1 is 0.391 bits per heavy atom. The lowest BCUT2D eigenvalue weighted by Crippen LogP contribution is -2.17. The molecule has 64 heavy (non-hydrogen) atoms. The van der Waals surface area contributed by atoms with Crippen molar-refractivity contribution in [2.24, 2.45) is 0 Å². The van der Waals surface area contributed by atoms with E-state index < -0.39 is 18.1 Å². The molecule has 6 aromatic rings. The van der Waals surface area contributed by atoms with Gasteiger partial charge in [0.1, 0.15) is 34.6 Å². The van der Waals surface area contributed by atoms with Crippen molar-refractivity contribution in [1.82, 2.24) is 0 Å². The molecule has 0 bridgehead atoms. The topological polar surface area (TPSA) is 72.5 Å². The molecule has 0 heterocycles. The number of hydrogen-bond donors (Lipinski definition) is 0. The van der Waals surface area contributed by atoms with Crippen LogP contribution in [0.1, 0.15) is 74.6 Å². The van der Waals surface area contributed by atoms with E-state index in [1.807, 2.05) is 48.5 Å². The summed E-state index contributed by atoms with van der Waals surface area (Å²) in [7, 11) is 0. The van der Waals surface area contributed by atoms with Gasteiger partial charge in [-0.15, -0.1) is 13.2 Å². The lowest BCUT2D eigenvalue weighted by Gasteiger charge is -2.14. The molecule has 0 radical (unpaired) electrons. The van der Waals surface area contributed by atoms with Crippen LogP contribution < -0.4 is 28.4 Å². The Hall–Kier alpha value is -6.56. The molecule has 0 aliphatic heterocycles. The van der Waals surface area contributed by atoms with Gasteiger partial charge in [-0.1, -0.05) is 87.1 Å². The third-order valence-electron chi connectivity index (χ3n) is 10.1. The number of unbranched alkanes of at least 4 members (excludes halogenated alkanes) is 8. The minimum atomic E-state index is -4.84. The van der Waals surface area contributed by atoms with E-state index in [1.54, 1.807) is 42.5 Å². The zero-order chi connectivity index (χ0) is 45.0. The number of carbonyl (C=O) groups excluding carboxylic acids is 1. The highest BCUT2D eigenvalue weighted by molar-refractivity contribution is 5.91. The number of benzene rings is 6. The Kier molecular flexibility index (Phi) is 17.8. The van der Waals surface area contributed by atoms with E-state index in [0.29, 0.717) is 37.9 Å². The van der Waals surface area contributed by atoms with E-state index >= 15 is 0 Å². The predicted molar refractivity (Wildman–Crippen MR) is 236 cm³/mol. The molecule has 0 N–H and O–H groups in total. The van der Waals surface area contributed by atoms with Gasteiger partial charge in [0.25, 0.3) is 0 Å². The van der Waals surface area contributed by atoms with Gasteiger partial charge in [0, 0.05) is 0 Å². The zero-order valence-electron chi connectivity index (χ0n) is 35.4. The molecule has 0 saturated carbocycles. The highest BCUT2D eigenvalue weighted by atomic mass is 19.4. The van der Waals surface area contributed by atoms with Crippen LogP contribution in [0.25, 0.3) is 22.3 Å². The van der Waals surface area contributed by atoms with Crippen molar-refractivity contribution in [3.63, 3.8) is 0 Å². The minimum absolute atomic E-state index is 0.0521. The van der Waals surface area contributed by atoms with Crippen molar-refractivity contribution >= 4 is 5.97 Å². The number of rotatable bonds is 25. The SMILES string of the molecule is O=C(Oc1ccc(OC(F)(F)F)cc1)c1ccc(OCCCCCCCOc2ccc(-c3ccc(F)cc3)cc2)c(OCCCCCCCOc2ccc(-c3ccc(F)cc3)cc2)c1. The van der Waals surface area contributed by atoms with Crippen LogP contribution in [-0.2, 0) is 0 Å². The molecule has 0 unspecified atom stereocenters. The molecule has 0 aliphatic rings. The first-order valence-corrected chi connectivity index (χ1v) is 21.5.